The summed E-state index contributed by atoms with van der Waals surface area (Å²) < 4.78 is 38.9. The average molecular weight is 386 g/mol. The van der Waals surface area contributed by atoms with Crippen LogP contribution in [0.4, 0.5) is 10.1 Å². The monoisotopic (exact) mass is 386 g/mol. The van der Waals surface area contributed by atoms with Crippen molar-refractivity contribution in [1.82, 2.24) is 4.57 Å². The van der Waals surface area contributed by atoms with Crippen molar-refractivity contribution in [2.24, 2.45) is 7.05 Å². The number of carbonyl (C=O) groups is 1. The summed E-state index contributed by atoms with van der Waals surface area (Å²) in [5.74, 6) is -0.706. The number of amides is 1. The zero-order chi connectivity index (χ0) is 19.8. The van der Waals surface area contributed by atoms with E-state index in [-0.39, 0.29) is 16.6 Å². The summed E-state index contributed by atoms with van der Waals surface area (Å²) in [5, 5.41) is 2.74. The number of hydrogen-bond donors (Lipinski definition) is 1. The molecule has 5 nitrogen and oxygen atoms in total. The summed E-state index contributed by atoms with van der Waals surface area (Å²) in [7, 11) is -1.54. The Morgan fingerprint density at radius 1 is 1.07 bits per heavy atom. The number of aromatic nitrogens is 1. The molecule has 140 valence electrons. The third kappa shape index (κ3) is 3.78. The van der Waals surface area contributed by atoms with Crippen molar-refractivity contribution in [3.05, 3.63) is 71.7 Å². The molecular formula is C20H19FN2O3S. The molecule has 2 aromatic carbocycles. The van der Waals surface area contributed by atoms with Crippen LogP contribution in [0.2, 0.25) is 0 Å². The summed E-state index contributed by atoms with van der Waals surface area (Å²) in [4.78, 5) is 12.8. The third-order valence-corrected chi connectivity index (χ3v) is 5.48. The van der Waals surface area contributed by atoms with Crippen LogP contribution in [-0.4, -0.2) is 25.1 Å². The molecule has 0 bridgehead atoms. The van der Waals surface area contributed by atoms with Crippen molar-refractivity contribution in [3.8, 4) is 11.3 Å². The third-order valence-electron chi connectivity index (χ3n) is 4.35. The minimum atomic E-state index is -3.30. The fourth-order valence-corrected chi connectivity index (χ4v) is 3.64. The largest absolute Gasteiger partial charge is 0.349 e. The van der Waals surface area contributed by atoms with Gasteiger partial charge in [0, 0.05) is 30.8 Å². The summed E-state index contributed by atoms with van der Waals surface area (Å²) >= 11 is 0. The zero-order valence-electron chi connectivity index (χ0n) is 15.2. The van der Waals surface area contributed by atoms with Gasteiger partial charge in [-0.3, -0.25) is 4.79 Å². The van der Waals surface area contributed by atoms with E-state index in [9.17, 15) is 17.6 Å². The van der Waals surface area contributed by atoms with Crippen LogP contribution >= 0.6 is 0 Å². The Kier molecular flexibility index (Phi) is 4.89. The van der Waals surface area contributed by atoms with E-state index in [1.54, 1.807) is 42.9 Å². The van der Waals surface area contributed by atoms with E-state index in [1.807, 2.05) is 0 Å². The minimum Gasteiger partial charge on any atom is -0.349 e. The highest BCUT2D eigenvalue weighted by atomic mass is 32.2. The number of nitrogens with one attached hydrogen (secondary N) is 1. The Bertz CT molecular complexity index is 1120. The number of halogens is 1. The van der Waals surface area contributed by atoms with E-state index >= 15 is 0 Å². The van der Waals surface area contributed by atoms with Crippen LogP contribution in [-0.2, 0) is 16.9 Å². The van der Waals surface area contributed by atoms with E-state index < -0.39 is 9.84 Å². The van der Waals surface area contributed by atoms with Crippen molar-refractivity contribution in [2.75, 3.05) is 11.6 Å². The van der Waals surface area contributed by atoms with Gasteiger partial charge in [-0.1, -0.05) is 12.1 Å². The summed E-state index contributed by atoms with van der Waals surface area (Å²) in [5.41, 5.74) is 2.61. The maximum absolute atomic E-state index is 14.2. The number of carbonyl (C=O) groups excluding carboxylic acids is 1. The van der Waals surface area contributed by atoms with Gasteiger partial charge >= 0.3 is 0 Å². The molecule has 1 N–H and O–H groups in total. The molecule has 0 spiro atoms. The standard InChI is InChI=1S/C20H19FN2O3S/c1-13-17(12-23(2)19(13)16-6-4-5-7-18(16)21)20(24)22-14-8-10-15(11-9-14)27(3,25)26/h4-12H,1-3H3,(H,22,24). The first-order chi connectivity index (χ1) is 12.7. The first-order valence-corrected chi connectivity index (χ1v) is 10.1. The lowest BCUT2D eigenvalue weighted by molar-refractivity contribution is 0.102. The van der Waals surface area contributed by atoms with Gasteiger partial charge < -0.3 is 9.88 Å². The zero-order valence-corrected chi connectivity index (χ0v) is 16.0. The Balaban J connectivity index is 1.90. The lowest BCUT2D eigenvalue weighted by atomic mass is 10.1. The number of benzene rings is 2. The second-order valence-corrected chi connectivity index (χ2v) is 8.37. The molecule has 0 aliphatic heterocycles. The van der Waals surface area contributed by atoms with E-state index in [0.717, 1.165) is 6.26 Å². The molecule has 0 saturated carbocycles. The SMILES string of the molecule is Cc1c(C(=O)Nc2ccc(S(C)(=O)=O)cc2)cn(C)c1-c1ccccc1F. The smallest absolute Gasteiger partial charge is 0.257 e. The van der Waals surface area contributed by atoms with E-state index in [4.69, 9.17) is 0 Å². The Morgan fingerprint density at radius 3 is 2.30 bits per heavy atom. The molecule has 1 aromatic heterocycles. The number of sulfone groups is 1. The van der Waals surface area contributed by atoms with Gasteiger partial charge in [-0.15, -0.1) is 0 Å². The van der Waals surface area contributed by atoms with Crippen LogP contribution in [0, 0.1) is 12.7 Å². The Hall–Kier alpha value is -2.93. The van der Waals surface area contributed by atoms with Gasteiger partial charge in [-0.2, -0.15) is 0 Å². The van der Waals surface area contributed by atoms with Crippen LogP contribution < -0.4 is 5.32 Å². The van der Waals surface area contributed by atoms with Gasteiger partial charge in [-0.05, 0) is 48.9 Å². The maximum atomic E-state index is 14.2. The molecule has 27 heavy (non-hydrogen) atoms. The molecule has 0 saturated heterocycles. The highest BCUT2D eigenvalue weighted by molar-refractivity contribution is 7.90. The summed E-state index contributed by atoms with van der Waals surface area (Å²) in [6, 6.07) is 12.3. The molecule has 0 unspecified atom stereocenters. The maximum Gasteiger partial charge on any atom is 0.257 e. The molecule has 0 fully saturated rings. The van der Waals surface area contributed by atoms with Gasteiger partial charge in [0.2, 0.25) is 0 Å². The molecule has 0 aliphatic carbocycles. The summed E-state index contributed by atoms with van der Waals surface area (Å²) in [6.45, 7) is 1.77. The molecule has 1 amide bonds. The van der Waals surface area contributed by atoms with Gasteiger partial charge in [0.15, 0.2) is 9.84 Å². The Morgan fingerprint density at radius 2 is 1.70 bits per heavy atom. The lowest BCUT2D eigenvalue weighted by Gasteiger charge is -2.07. The molecule has 3 aromatic rings. The van der Waals surface area contributed by atoms with Gasteiger partial charge in [0.05, 0.1) is 16.2 Å². The van der Waals surface area contributed by atoms with E-state index in [2.05, 4.69) is 5.32 Å². The minimum absolute atomic E-state index is 0.179. The first-order valence-electron chi connectivity index (χ1n) is 8.21. The van der Waals surface area contributed by atoms with Crippen LogP contribution in [0.5, 0.6) is 0 Å². The van der Waals surface area contributed by atoms with Crippen LogP contribution in [0.25, 0.3) is 11.3 Å². The van der Waals surface area contributed by atoms with E-state index in [0.29, 0.717) is 28.1 Å². The predicted molar refractivity (Wildman–Crippen MR) is 103 cm³/mol. The highest BCUT2D eigenvalue weighted by Crippen LogP contribution is 2.29. The van der Waals surface area contributed by atoms with Gasteiger partial charge in [0.25, 0.3) is 5.91 Å². The second-order valence-electron chi connectivity index (χ2n) is 6.36. The Labute approximate surface area is 157 Å². The number of rotatable bonds is 4. The molecule has 0 atom stereocenters. The molecule has 3 rings (SSSR count). The number of aryl methyl sites for hydroxylation is 1. The van der Waals surface area contributed by atoms with Crippen LogP contribution in [0.3, 0.4) is 0 Å². The van der Waals surface area contributed by atoms with Crippen LogP contribution in [0.1, 0.15) is 15.9 Å². The van der Waals surface area contributed by atoms with Crippen molar-refractivity contribution in [1.29, 1.82) is 0 Å². The number of anilines is 1. The van der Waals surface area contributed by atoms with Gasteiger partial charge in [-0.25, -0.2) is 12.8 Å². The summed E-state index contributed by atoms with van der Waals surface area (Å²) in [6.07, 6.45) is 2.77. The fraction of sp³-hybridized carbons (Fsp3) is 0.150. The molecule has 7 heteroatoms. The van der Waals surface area contributed by atoms with Crippen molar-refractivity contribution >= 4 is 21.4 Å². The highest BCUT2D eigenvalue weighted by Gasteiger charge is 2.19. The fourth-order valence-electron chi connectivity index (χ4n) is 3.01. The van der Waals surface area contributed by atoms with Crippen molar-refractivity contribution in [3.63, 3.8) is 0 Å². The predicted octanol–water partition coefficient (Wildman–Crippen LogP) is 3.80. The average Bonchev–Trinajstić information content (AvgIpc) is 2.90. The van der Waals surface area contributed by atoms with Gasteiger partial charge in [0.1, 0.15) is 5.82 Å². The second kappa shape index (κ2) is 7.00. The molecule has 1 heterocycles. The number of hydrogen-bond acceptors (Lipinski definition) is 3. The number of nitrogens with zero attached hydrogens (tertiary/aromatic N) is 1. The van der Waals surface area contributed by atoms with Crippen LogP contribution in [0.15, 0.2) is 59.6 Å². The normalized spacial score (nSPS) is 11.4. The van der Waals surface area contributed by atoms with Crippen molar-refractivity contribution < 1.29 is 17.6 Å². The quantitative estimate of drug-likeness (QED) is 0.742. The van der Waals surface area contributed by atoms with E-state index in [1.165, 1.54) is 30.3 Å². The molecular weight excluding hydrogens is 367 g/mol. The molecule has 0 radical (unpaired) electrons. The topological polar surface area (TPSA) is 68.2 Å². The molecule has 0 aliphatic rings. The van der Waals surface area contributed by atoms with Crippen molar-refractivity contribution in [2.45, 2.75) is 11.8 Å². The lowest BCUT2D eigenvalue weighted by Crippen LogP contribution is -2.12. The first kappa shape index (κ1) is 18.8.